The molecular weight excluding hydrogens is 253 g/mol. The first kappa shape index (κ1) is 13.1. The van der Waals surface area contributed by atoms with Crippen LogP contribution in [0.25, 0.3) is 0 Å². The van der Waals surface area contributed by atoms with Crippen molar-refractivity contribution in [3.63, 3.8) is 0 Å². The number of benzene rings is 1. The second kappa shape index (κ2) is 6.52. The molecule has 1 aromatic heterocycles. The summed E-state index contributed by atoms with van der Waals surface area (Å²) in [6.45, 7) is 1.30. The molecule has 0 amide bonds. The van der Waals surface area contributed by atoms with E-state index in [1.807, 2.05) is 6.20 Å². The number of halogens is 2. The Morgan fingerprint density at radius 2 is 2.28 bits per heavy atom. The Morgan fingerprint density at radius 1 is 1.39 bits per heavy atom. The Labute approximate surface area is 110 Å². The summed E-state index contributed by atoms with van der Waals surface area (Å²) in [4.78, 5) is 7.18. The lowest BCUT2D eigenvalue weighted by Gasteiger charge is -2.06. The summed E-state index contributed by atoms with van der Waals surface area (Å²) in [5.74, 6) is 0.642. The van der Waals surface area contributed by atoms with Gasteiger partial charge in [-0.15, -0.1) is 0 Å². The third-order valence-corrected chi connectivity index (χ3v) is 2.96. The molecule has 0 radical (unpaired) electrons. The first-order chi connectivity index (χ1) is 8.77. The summed E-state index contributed by atoms with van der Waals surface area (Å²) < 4.78 is 13.5. The molecule has 2 aromatic rings. The molecule has 0 aliphatic heterocycles. The predicted molar refractivity (Wildman–Crippen MR) is 70.0 cm³/mol. The number of rotatable bonds is 6. The van der Waals surface area contributed by atoms with Crippen LogP contribution < -0.4 is 5.32 Å². The molecule has 2 rings (SSSR count). The van der Waals surface area contributed by atoms with Crippen LogP contribution >= 0.6 is 11.6 Å². The summed E-state index contributed by atoms with van der Waals surface area (Å²) >= 11 is 5.71. The van der Waals surface area contributed by atoms with Crippen LogP contribution in [-0.4, -0.2) is 16.5 Å². The standard InChI is InChI=1S/C13H15ClFN3/c14-11-4-1-3-10(13(11)15)9-16-6-2-5-12-17-7-8-18-12/h1,3-4,7-8,16H,2,5-6,9H2,(H,17,18). The van der Waals surface area contributed by atoms with Gasteiger partial charge in [-0.1, -0.05) is 23.7 Å². The van der Waals surface area contributed by atoms with Gasteiger partial charge in [-0.25, -0.2) is 9.37 Å². The van der Waals surface area contributed by atoms with Crippen molar-refractivity contribution >= 4 is 11.6 Å². The number of aromatic nitrogens is 2. The minimum atomic E-state index is -0.335. The molecule has 5 heteroatoms. The van der Waals surface area contributed by atoms with E-state index >= 15 is 0 Å². The van der Waals surface area contributed by atoms with Crippen LogP contribution in [0.2, 0.25) is 5.02 Å². The number of aromatic amines is 1. The van der Waals surface area contributed by atoms with Crippen molar-refractivity contribution in [2.75, 3.05) is 6.54 Å². The highest BCUT2D eigenvalue weighted by molar-refractivity contribution is 6.30. The maximum absolute atomic E-state index is 13.5. The third kappa shape index (κ3) is 3.55. The molecule has 0 atom stereocenters. The summed E-state index contributed by atoms with van der Waals surface area (Å²) in [6, 6.07) is 5.04. The number of hydrogen-bond acceptors (Lipinski definition) is 2. The van der Waals surface area contributed by atoms with E-state index in [1.165, 1.54) is 0 Å². The first-order valence-corrected chi connectivity index (χ1v) is 6.27. The van der Waals surface area contributed by atoms with Gasteiger partial charge in [0.05, 0.1) is 5.02 Å². The zero-order chi connectivity index (χ0) is 12.8. The topological polar surface area (TPSA) is 40.7 Å². The zero-order valence-electron chi connectivity index (χ0n) is 9.92. The average Bonchev–Trinajstić information content (AvgIpc) is 2.87. The van der Waals surface area contributed by atoms with E-state index in [9.17, 15) is 4.39 Å². The number of H-pyrrole nitrogens is 1. The fourth-order valence-corrected chi connectivity index (χ4v) is 1.92. The minimum Gasteiger partial charge on any atom is -0.349 e. The van der Waals surface area contributed by atoms with E-state index in [1.54, 1.807) is 24.4 Å². The van der Waals surface area contributed by atoms with Gasteiger partial charge in [0.1, 0.15) is 11.6 Å². The molecule has 0 saturated heterocycles. The van der Waals surface area contributed by atoms with Crippen molar-refractivity contribution in [1.29, 1.82) is 0 Å². The lowest BCUT2D eigenvalue weighted by molar-refractivity contribution is 0.580. The number of nitrogens with one attached hydrogen (secondary N) is 2. The first-order valence-electron chi connectivity index (χ1n) is 5.89. The van der Waals surface area contributed by atoms with Crippen LogP contribution in [0.5, 0.6) is 0 Å². The summed E-state index contributed by atoms with van der Waals surface area (Å²) in [6.07, 6.45) is 5.39. The molecule has 0 unspecified atom stereocenters. The van der Waals surface area contributed by atoms with Crippen LogP contribution in [0, 0.1) is 5.82 Å². The van der Waals surface area contributed by atoms with Gasteiger partial charge >= 0.3 is 0 Å². The summed E-state index contributed by atoms with van der Waals surface area (Å²) in [5.41, 5.74) is 0.598. The smallest absolute Gasteiger partial charge is 0.146 e. The van der Waals surface area contributed by atoms with Gasteiger partial charge in [0.2, 0.25) is 0 Å². The number of aryl methyl sites for hydroxylation is 1. The highest BCUT2D eigenvalue weighted by Crippen LogP contribution is 2.17. The molecule has 0 fully saturated rings. The highest BCUT2D eigenvalue weighted by atomic mass is 35.5. The fraction of sp³-hybridized carbons (Fsp3) is 0.308. The fourth-order valence-electron chi connectivity index (χ4n) is 1.72. The van der Waals surface area contributed by atoms with Crippen molar-refractivity contribution in [2.45, 2.75) is 19.4 Å². The third-order valence-electron chi connectivity index (χ3n) is 2.67. The van der Waals surface area contributed by atoms with Gasteiger partial charge in [0, 0.05) is 30.9 Å². The molecule has 18 heavy (non-hydrogen) atoms. The molecule has 96 valence electrons. The van der Waals surface area contributed by atoms with Crippen LogP contribution in [0.3, 0.4) is 0 Å². The van der Waals surface area contributed by atoms with Gasteiger partial charge in [-0.2, -0.15) is 0 Å². The molecule has 0 saturated carbocycles. The van der Waals surface area contributed by atoms with Crippen molar-refractivity contribution in [1.82, 2.24) is 15.3 Å². The predicted octanol–water partition coefficient (Wildman–Crippen LogP) is 2.92. The number of nitrogens with zero attached hydrogens (tertiary/aromatic N) is 1. The Morgan fingerprint density at radius 3 is 3.06 bits per heavy atom. The molecule has 1 aromatic carbocycles. The number of hydrogen-bond donors (Lipinski definition) is 2. The SMILES string of the molecule is Fc1c(Cl)cccc1CNCCCc1ncc[nH]1. The van der Waals surface area contributed by atoms with Crippen LogP contribution in [0.15, 0.2) is 30.6 Å². The van der Waals surface area contributed by atoms with E-state index in [2.05, 4.69) is 15.3 Å². The van der Waals surface area contributed by atoms with Crippen LogP contribution in [0.1, 0.15) is 17.8 Å². The van der Waals surface area contributed by atoms with E-state index in [4.69, 9.17) is 11.6 Å². The van der Waals surface area contributed by atoms with Gasteiger partial charge in [0.15, 0.2) is 0 Å². The Balaban J connectivity index is 1.70. The average molecular weight is 268 g/mol. The maximum Gasteiger partial charge on any atom is 0.146 e. The van der Waals surface area contributed by atoms with Gasteiger partial charge in [-0.05, 0) is 19.0 Å². The molecule has 0 bridgehead atoms. The molecule has 2 N–H and O–H groups in total. The van der Waals surface area contributed by atoms with Gasteiger partial charge in [0.25, 0.3) is 0 Å². The Bertz CT molecular complexity index is 485. The monoisotopic (exact) mass is 267 g/mol. The molecule has 3 nitrogen and oxygen atoms in total. The van der Waals surface area contributed by atoms with Gasteiger partial charge in [-0.3, -0.25) is 0 Å². The van der Waals surface area contributed by atoms with E-state index in [-0.39, 0.29) is 10.8 Å². The van der Waals surface area contributed by atoms with Crippen molar-refractivity contribution in [3.8, 4) is 0 Å². The van der Waals surface area contributed by atoms with Crippen molar-refractivity contribution in [2.24, 2.45) is 0 Å². The maximum atomic E-state index is 13.5. The second-order valence-electron chi connectivity index (χ2n) is 4.03. The molecule has 0 aliphatic rings. The Hall–Kier alpha value is -1.39. The summed E-state index contributed by atoms with van der Waals surface area (Å²) in [7, 11) is 0. The molecule has 0 aliphatic carbocycles. The van der Waals surface area contributed by atoms with E-state index in [0.717, 1.165) is 25.2 Å². The van der Waals surface area contributed by atoms with Gasteiger partial charge < -0.3 is 10.3 Å². The van der Waals surface area contributed by atoms with Crippen molar-refractivity contribution < 1.29 is 4.39 Å². The largest absolute Gasteiger partial charge is 0.349 e. The summed E-state index contributed by atoms with van der Waals surface area (Å²) in [5, 5.41) is 3.36. The van der Waals surface area contributed by atoms with E-state index in [0.29, 0.717) is 12.1 Å². The molecular formula is C13H15ClFN3. The lowest BCUT2D eigenvalue weighted by Crippen LogP contribution is -2.16. The van der Waals surface area contributed by atoms with Crippen LogP contribution in [0.4, 0.5) is 4.39 Å². The minimum absolute atomic E-state index is 0.171. The second-order valence-corrected chi connectivity index (χ2v) is 4.44. The zero-order valence-corrected chi connectivity index (χ0v) is 10.7. The van der Waals surface area contributed by atoms with Crippen molar-refractivity contribution in [3.05, 3.63) is 52.8 Å². The Kier molecular flexibility index (Phi) is 4.73. The lowest BCUT2D eigenvalue weighted by atomic mass is 10.2. The normalized spacial score (nSPS) is 10.8. The molecule has 1 heterocycles. The van der Waals surface area contributed by atoms with Crippen LogP contribution in [-0.2, 0) is 13.0 Å². The quantitative estimate of drug-likeness (QED) is 0.790. The van der Waals surface area contributed by atoms with E-state index < -0.39 is 0 Å². The molecule has 0 spiro atoms. The highest BCUT2D eigenvalue weighted by Gasteiger charge is 2.05. The number of imidazole rings is 1.